The fourth-order valence-electron chi connectivity index (χ4n) is 1.95. The Morgan fingerprint density at radius 2 is 1.76 bits per heavy atom. The quantitative estimate of drug-likeness (QED) is 0.842. The molecule has 1 aromatic carbocycles. The second-order valence-corrected chi connectivity index (χ2v) is 4.99. The summed E-state index contributed by atoms with van der Waals surface area (Å²) in [6.07, 6.45) is -9.80. The Hall–Kier alpha value is -2.59. The van der Waals surface area contributed by atoms with Crippen LogP contribution in [0.5, 0.6) is 0 Å². The van der Waals surface area contributed by atoms with Crippen LogP contribution in [0.4, 0.5) is 36.7 Å². The molecule has 0 radical (unpaired) electrons. The molecule has 0 atom stereocenters. The monoisotopic (exact) mass is 369 g/mol. The molecule has 0 aliphatic rings. The van der Waals surface area contributed by atoms with Crippen LogP contribution in [-0.4, -0.2) is 9.55 Å². The Balaban J connectivity index is 2.34. The number of hydrogen-bond donors (Lipinski definition) is 1. The Morgan fingerprint density at radius 3 is 2.32 bits per heavy atom. The van der Waals surface area contributed by atoms with E-state index in [1.807, 2.05) is 0 Å². The predicted octanol–water partition coefficient (Wildman–Crippen LogP) is 3.57. The minimum absolute atomic E-state index is 0.274. The maximum atomic E-state index is 13.9. The number of nitrogens with zero attached hydrogens (tertiary/aromatic N) is 2. The number of anilines is 1. The van der Waals surface area contributed by atoms with Gasteiger partial charge in [-0.3, -0.25) is 9.36 Å². The SMILES string of the molecule is Cn1c(NCc2cccc(C(F)(F)F)c2F)nc(C(F)(F)F)cc1=O. The van der Waals surface area contributed by atoms with Gasteiger partial charge in [0.15, 0.2) is 5.69 Å². The largest absolute Gasteiger partial charge is 0.433 e. The molecular formula is C14H10F7N3O. The lowest BCUT2D eigenvalue weighted by molar-refractivity contribution is -0.141. The summed E-state index contributed by atoms with van der Waals surface area (Å²) in [5, 5.41) is 2.25. The van der Waals surface area contributed by atoms with Crippen molar-refractivity contribution in [3.8, 4) is 0 Å². The van der Waals surface area contributed by atoms with Crippen LogP contribution in [0.25, 0.3) is 0 Å². The third-order valence-electron chi connectivity index (χ3n) is 3.25. The van der Waals surface area contributed by atoms with Gasteiger partial charge in [0.1, 0.15) is 5.82 Å². The molecule has 11 heteroatoms. The highest BCUT2D eigenvalue weighted by atomic mass is 19.4. The number of benzene rings is 1. The molecule has 2 aromatic rings. The van der Waals surface area contributed by atoms with Crippen LogP contribution in [-0.2, 0) is 25.9 Å². The van der Waals surface area contributed by atoms with Crippen LogP contribution in [0.3, 0.4) is 0 Å². The van der Waals surface area contributed by atoms with Crippen LogP contribution >= 0.6 is 0 Å². The van der Waals surface area contributed by atoms with Crippen molar-refractivity contribution in [2.24, 2.45) is 7.05 Å². The van der Waals surface area contributed by atoms with Gasteiger partial charge in [-0.25, -0.2) is 9.37 Å². The highest BCUT2D eigenvalue weighted by Gasteiger charge is 2.35. The summed E-state index contributed by atoms with van der Waals surface area (Å²) >= 11 is 0. The number of rotatable bonds is 3. The normalized spacial score (nSPS) is 12.3. The zero-order valence-electron chi connectivity index (χ0n) is 12.5. The molecule has 0 bridgehead atoms. The molecule has 0 saturated heterocycles. The van der Waals surface area contributed by atoms with E-state index in [2.05, 4.69) is 10.3 Å². The second kappa shape index (κ2) is 6.37. The molecule has 1 N–H and O–H groups in total. The molecule has 25 heavy (non-hydrogen) atoms. The summed E-state index contributed by atoms with van der Waals surface area (Å²) in [5.74, 6) is -2.11. The van der Waals surface area contributed by atoms with Crippen molar-refractivity contribution in [1.29, 1.82) is 0 Å². The average molecular weight is 369 g/mol. The number of aromatic nitrogens is 2. The third-order valence-corrected chi connectivity index (χ3v) is 3.25. The van der Waals surface area contributed by atoms with Gasteiger partial charge < -0.3 is 5.32 Å². The van der Waals surface area contributed by atoms with E-state index < -0.39 is 53.0 Å². The molecule has 0 fully saturated rings. The van der Waals surface area contributed by atoms with Crippen molar-refractivity contribution < 1.29 is 30.7 Å². The lowest BCUT2D eigenvalue weighted by Crippen LogP contribution is -2.25. The fourth-order valence-corrected chi connectivity index (χ4v) is 1.95. The highest BCUT2D eigenvalue weighted by molar-refractivity contribution is 5.34. The molecule has 2 rings (SSSR count). The Morgan fingerprint density at radius 1 is 1.12 bits per heavy atom. The van der Waals surface area contributed by atoms with E-state index in [9.17, 15) is 35.5 Å². The van der Waals surface area contributed by atoms with Gasteiger partial charge >= 0.3 is 12.4 Å². The number of alkyl halides is 6. The summed E-state index contributed by atoms with van der Waals surface area (Å²) in [4.78, 5) is 14.7. The molecule has 4 nitrogen and oxygen atoms in total. The molecule has 0 amide bonds. The van der Waals surface area contributed by atoms with Crippen LogP contribution < -0.4 is 10.9 Å². The van der Waals surface area contributed by atoms with Gasteiger partial charge in [0, 0.05) is 25.2 Å². The first kappa shape index (κ1) is 18.7. The lowest BCUT2D eigenvalue weighted by atomic mass is 10.1. The second-order valence-electron chi connectivity index (χ2n) is 4.99. The van der Waals surface area contributed by atoms with E-state index in [4.69, 9.17) is 0 Å². The Kier molecular flexibility index (Phi) is 4.78. The number of nitrogens with one attached hydrogen (secondary N) is 1. The minimum Gasteiger partial charge on any atom is -0.351 e. The zero-order valence-corrected chi connectivity index (χ0v) is 12.5. The van der Waals surface area contributed by atoms with Gasteiger partial charge in [0.05, 0.1) is 5.56 Å². The molecule has 1 heterocycles. The zero-order chi connectivity index (χ0) is 19.0. The van der Waals surface area contributed by atoms with Crippen LogP contribution in [0.2, 0.25) is 0 Å². The van der Waals surface area contributed by atoms with E-state index in [1.165, 1.54) is 0 Å². The van der Waals surface area contributed by atoms with E-state index in [0.717, 1.165) is 23.7 Å². The number of hydrogen-bond acceptors (Lipinski definition) is 3. The maximum absolute atomic E-state index is 13.9. The van der Waals surface area contributed by atoms with Gasteiger partial charge in [-0.2, -0.15) is 26.3 Å². The summed E-state index contributed by atoms with van der Waals surface area (Å²) < 4.78 is 90.6. The summed E-state index contributed by atoms with van der Waals surface area (Å²) in [7, 11) is 1.11. The summed E-state index contributed by atoms with van der Waals surface area (Å²) in [6.45, 7) is -0.600. The molecule has 0 unspecified atom stereocenters. The van der Waals surface area contributed by atoms with E-state index in [0.29, 0.717) is 6.07 Å². The van der Waals surface area contributed by atoms with Gasteiger partial charge in [-0.1, -0.05) is 12.1 Å². The molecule has 0 saturated carbocycles. The molecule has 0 spiro atoms. The van der Waals surface area contributed by atoms with Gasteiger partial charge in [-0.05, 0) is 6.07 Å². The average Bonchev–Trinajstić information content (AvgIpc) is 2.47. The molecule has 136 valence electrons. The summed E-state index contributed by atoms with van der Waals surface area (Å²) in [5.41, 5.74) is -4.45. The number of halogens is 7. The van der Waals surface area contributed by atoms with Gasteiger partial charge in [0.25, 0.3) is 5.56 Å². The molecule has 1 aromatic heterocycles. The van der Waals surface area contributed by atoms with E-state index in [1.54, 1.807) is 0 Å². The van der Waals surface area contributed by atoms with Crippen molar-refractivity contribution in [2.75, 3.05) is 5.32 Å². The van der Waals surface area contributed by atoms with E-state index >= 15 is 0 Å². The fraction of sp³-hybridized carbons (Fsp3) is 0.286. The van der Waals surface area contributed by atoms with Crippen LogP contribution in [0.15, 0.2) is 29.1 Å². The van der Waals surface area contributed by atoms with E-state index in [-0.39, 0.29) is 6.07 Å². The topological polar surface area (TPSA) is 46.9 Å². The standard InChI is InChI=1S/C14H10F7N3O/c1-24-10(25)5-9(14(19,20)21)23-12(24)22-6-7-3-2-4-8(11(7)15)13(16,17)18/h2-5H,6H2,1H3,(H,22,23). The van der Waals surface area contributed by atoms with Crippen molar-refractivity contribution >= 4 is 5.95 Å². The first-order chi connectivity index (χ1) is 11.4. The van der Waals surface area contributed by atoms with Crippen molar-refractivity contribution in [3.05, 3.63) is 57.3 Å². The van der Waals surface area contributed by atoms with Crippen molar-refractivity contribution in [2.45, 2.75) is 18.9 Å². The van der Waals surface area contributed by atoms with Gasteiger partial charge in [0.2, 0.25) is 5.95 Å². The first-order valence-corrected chi connectivity index (χ1v) is 6.65. The third kappa shape index (κ3) is 4.09. The predicted molar refractivity (Wildman–Crippen MR) is 73.2 cm³/mol. The van der Waals surface area contributed by atoms with Crippen molar-refractivity contribution in [1.82, 2.24) is 9.55 Å². The Bertz CT molecular complexity index is 840. The van der Waals surface area contributed by atoms with Gasteiger partial charge in [-0.15, -0.1) is 0 Å². The highest BCUT2D eigenvalue weighted by Crippen LogP contribution is 2.32. The Labute approximate surface area is 135 Å². The van der Waals surface area contributed by atoms with Crippen LogP contribution in [0.1, 0.15) is 16.8 Å². The molecule has 0 aliphatic carbocycles. The van der Waals surface area contributed by atoms with Crippen molar-refractivity contribution in [3.63, 3.8) is 0 Å². The minimum atomic E-state index is -4.92. The molecule has 0 aliphatic heterocycles. The van der Waals surface area contributed by atoms with Crippen LogP contribution in [0, 0.1) is 5.82 Å². The smallest absolute Gasteiger partial charge is 0.351 e. The first-order valence-electron chi connectivity index (χ1n) is 6.65. The summed E-state index contributed by atoms with van der Waals surface area (Å²) in [6, 6.07) is 2.80. The molecular weight excluding hydrogens is 359 g/mol. The maximum Gasteiger partial charge on any atom is 0.433 e. The lowest BCUT2D eigenvalue weighted by Gasteiger charge is -2.14.